The van der Waals surface area contributed by atoms with E-state index in [0.29, 0.717) is 0 Å². The van der Waals surface area contributed by atoms with Gasteiger partial charge in [0.05, 0.1) is 19.9 Å². The van der Waals surface area contributed by atoms with Crippen LogP contribution in [-0.2, 0) is 13.5 Å². The molecule has 0 saturated heterocycles. The first kappa shape index (κ1) is 20.9. The van der Waals surface area contributed by atoms with E-state index in [1.54, 1.807) is 14.2 Å². The molecule has 2 atom stereocenters. The Labute approximate surface area is 173 Å². The Bertz CT molecular complexity index is 945. The minimum atomic E-state index is 0.105. The normalized spacial score (nSPS) is 13.2. The predicted octanol–water partition coefficient (Wildman–Crippen LogP) is 4.69. The molecule has 154 valence electrons. The third-order valence-electron chi connectivity index (χ3n) is 5.52. The Hall–Kier alpha value is -2.79. The fraction of sp³-hybridized carbons (Fsp3) is 0.375. The average molecular weight is 394 g/mol. The van der Waals surface area contributed by atoms with Crippen molar-refractivity contribution in [1.29, 1.82) is 0 Å². The highest BCUT2D eigenvalue weighted by Crippen LogP contribution is 2.32. The fourth-order valence-electron chi connectivity index (χ4n) is 3.58. The fourth-order valence-corrected chi connectivity index (χ4v) is 3.58. The lowest BCUT2D eigenvalue weighted by molar-refractivity contribution is 0.353. The van der Waals surface area contributed by atoms with Gasteiger partial charge in [-0.3, -0.25) is 0 Å². The molecule has 3 rings (SSSR count). The molecule has 0 spiro atoms. The van der Waals surface area contributed by atoms with Gasteiger partial charge in [0.1, 0.15) is 5.82 Å². The number of aromatic nitrogens is 2. The Morgan fingerprint density at radius 2 is 1.76 bits per heavy atom. The first-order valence-corrected chi connectivity index (χ1v) is 9.95. The van der Waals surface area contributed by atoms with E-state index in [2.05, 4.69) is 66.3 Å². The summed E-state index contributed by atoms with van der Waals surface area (Å²) in [6.45, 7) is 6.34. The van der Waals surface area contributed by atoms with Crippen LogP contribution in [0.2, 0.25) is 0 Å². The smallest absolute Gasteiger partial charge is 0.161 e. The van der Waals surface area contributed by atoms with E-state index in [1.165, 1.54) is 11.1 Å². The molecule has 2 unspecified atom stereocenters. The van der Waals surface area contributed by atoms with Crippen LogP contribution in [0.3, 0.4) is 0 Å². The molecule has 0 aliphatic rings. The molecule has 1 aromatic heterocycles. The van der Waals surface area contributed by atoms with Gasteiger partial charge in [0.2, 0.25) is 0 Å². The topological polar surface area (TPSA) is 48.3 Å². The van der Waals surface area contributed by atoms with Gasteiger partial charge in [-0.2, -0.15) is 0 Å². The molecular weight excluding hydrogens is 362 g/mol. The molecule has 0 amide bonds. The van der Waals surface area contributed by atoms with E-state index in [0.717, 1.165) is 35.0 Å². The summed E-state index contributed by atoms with van der Waals surface area (Å²) in [4.78, 5) is 4.70. The summed E-state index contributed by atoms with van der Waals surface area (Å²) < 4.78 is 13.0. The van der Waals surface area contributed by atoms with Gasteiger partial charge in [0.25, 0.3) is 0 Å². The minimum Gasteiger partial charge on any atom is -0.493 e. The predicted molar refractivity (Wildman–Crippen MR) is 117 cm³/mol. The van der Waals surface area contributed by atoms with Crippen molar-refractivity contribution in [3.63, 3.8) is 0 Å². The molecule has 0 aliphatic carbocycles. The SMILES string of the molecule is COc1ccc(C(Cc2ccccc2C)NC(C)c2cn(C)c(C)n2)cc1OC. The van der Waals surface area contributed by atoms with E-state index in [-0.39, 0.29) is 12.1 Å². The third kappa shape index (κ3) is 4.80. The van der Waals surface area contributed by atoms with Crippen molar-refractivity contribution in [2.24, 2.45) is 7.05 Å². The highest BCUT2D eigenvalue weighted by Gasteiger charge is 2.20. The maximum Gasteiger partial charge on any atom is 0.161 e. The van der Waals surface area contributed by atoms with Crippen molar-refractivity contribution in [2.45, 2.75) is 39.3 Å². The second-order valence-electron chi connectivity index (χ2n) is 7.51. The van der Waals surface area contributed by atoms with Crippen LogP contribution in [0.4, 0.5) is 0 Å². The number of hydrogen-bond donors (Lipinski definition) is 1. The van der Waals surface area contributed by atoms with Crippen LogP contribution in [0, 0.1) is 13.8 Å². The summed E-state index contributed by atoms with van der Waals surface area (Å²) in [7, 11) is 5.36. The van der Waals surface area contributed by atoms with Gasteiger partial charge in [0, 0.05) is 25.3 Å². The van der Waals surface area contributed by atoms with Crippen molar-refractivity contribution >= 4 is 0 Å². The number of aryl methyl sites for hydroxylation is 3. The Kier molecular flexibility index (Phi) is 6.60. The molecule has 5 nitrogen and oxygen atoms in total. The summed E-state index contributed by atoms with van der Waals surface area (Å²) >= 11 is 0. The Balaban J connectivity index is 1.94. The van der Waals surface area contributed by atoms with Gasteiger partial charge < -0.3 is 19.4 Å². The molecule has 1 N–H and O–H groups in total. The van der Waals surface area contributed by atoms with Gasteiger partial charge >= 0.3 is 0 Å². The van der Waals surface area contributed by atoms with Crippen molar-refractivity contribution in [2.75, 3.05) is 14.2 Å². The summed E-state index contributed by atoms with van der Waals surface area (Å²) in [6, 6.07) is 14.9. The van der Waals surface area contributed by atoms with Crippen molar-refractivity contribution in [3.8, 4) is 11.5 Å². The maximum absolute atomic E-state index is 5.54. The van der Waals surface area contributed by atoms with E-state index in [4.69, 9.17) is 14.5 Å². The Morgan fingerprint density at radius 1 is 1.03 bits per heavy atom. The van der Waals surface area contributed by atoms with Gasteiger partial charge in [0.15, 0.2) is 11.5 Å². The zero-order valence-corrected chi connectivity index (χ0v) is 18.2. The minimum absolute atomic E-state index is 0.105. The number of benzene rings is 2. The molecule has 2 aromatic carbocycles. The van der Waals surface area contributed by atoms with Crippen LogP contribution < -0.4 is 14.8 Å². The average Bonchev–Trinajstić information content (AvgIpc) is 3.07. The molecule has 0 aliphatic heterocycles. The molecule has 0 saturated carbocycles. The highest BCUT2D eigenvalue weighted by atomic mass is 16.5. The third-order valence-corrected chi connectivity index (χ3v) is 5.52. The zero-order valence-electron chi connectivity index (χ0n) is 18.2. The van der Waals surface area contributed by atoms with Gasteiger partial charge in [-0.05, 0) is 56.0 Å². The number of methoxy groups -OCH3 is 2. The van der Waals surface area contributed by atoms with Crippen LogP contribution in [-0.4, -0.2) is 23.8 Å². The first-order chi connectivity index (χ1) is 13.9. The van der Waals surface area contributed by atoms with Gasteiger partial charge in [-0.1, -0.05) is 30.3 Å². The number of rotatable bonds is 8. The standard InChI is InChI=1S/C24H31N3O2/c1-16-9-7-8-10-19(16)13-21(20-11-12-23(28-5)24(14-20)29-6)25-17(2)22-15-27(4)18(3)26-22/h7-12,14-15,17,21,25H,13H2,1-6H3. The molecule has 1 heterocycles. The molecule has 29 heavy (non-hydrogen) atoms. The lowest BCUT2D eigenvalue weighted by Crippen LogP contribution is -2.27. The van der Waals surface area contributed by atoms with Crippen LogP contribution in [0.25, 0.3) is 0 Å². The zero-order chi connectivity index (χ0) is 21.0. The summed E-state index contributed by atoms with van der Waals surface area (Å²) in [5.74, 6) is 2.48. The van der Waals surface area contributed by atoms with Crippen molar-refractivity contribution in [1.82, 2.24) is 14.9 Å². The quantitative estimate of drug-likeness (QED) is 0.603. The molecule has 0 radical (unpaired) electrons. The molecule has 3 aromatic rings. The van der Waals surface area contributed by atoms with Crippen LogP contribution in [0.1, 0.15) is 47.2 Å². The van der Waals surface area contributed by atoms with Gasteiger partial charge in [-0.25, -0.2) is 4.98 Å². The number of hydrogen-bond acceptors (Lipinski definition) is 4. The van der Waals surface area contributed by atoms with Gasteiger partial charge in [-0.15, -0.1) is 0 Å². The number of nitrogens with zero attached hydrogens (tertiary/aromatic N) is 2. The molecule has 0 bridgehead atoms. The number of nitrogens with one attached hydrogen (secondary N) is 1. The van der Waals surface area contributed by atoms with E-state index in [9.17, 15) is 0 Å². The van der Waals surface area contributed by atoms with E-state index in [1.807, 2.05) is 20.0 Å². The van der Waals surface area contributed by atoms with E-state index >= 15 is 0 Å². The molecule has 0 fully saturated rings. The summed E-state index contributed by atoms with van der Waals surface area (Å²) in [5, 5.41) is 3.78. The number of ether oxygens (including phenoxy) is 2. The molecule has 5 heteroatoms. The van der Waals surface area contributed by atoms with Crippen molar-refractivity contribution in [3.05, 3.63) is 76.9 Å². The maximum atomic E-state index is 5.54. The van der Waals surface area contributed by atoms with Crippen LogP contribution >= 0.6 is 0 Å². The lowest BCUT2D eigenvalue weighted by atomic mass is 9.95. The Morgan fingerprint density at radius 3 is 2.38 bits per heavy atom. The van der Waals surface area contributed by atoms with E-state index < -0.39 is 0 Å². The second-order valence-corrected chi connectivity index (χ2v) is 7.51. The van der Waals surface area contributed by atoms with Crippen LogP contribution in [0.5, 0.6) is 11.5 Å². The molecular formula is C24H31N3O2. The lowest BCUT2D eigenvalue weighted by Gasteiger charge is -2.25. The second kappa shape index (κ2) is 9.14. The summed E-state index contributed by atoms with van der Waals surface area (Å²) in [6.07, 6.45) is 2.96. The van der Waals surface area contributed by atoms with Crippen molar-refractivity contribution < 1.29 is 9.47 Å². The summed E-state index contributed by atoms with van der Waals surface area (Å²) in [5.41, 5.74) is 4.82. The largest absolute Gasteiger partial charge is 0.493 e. The first-order valence-electron chi connectivity index (χ1n) is 9.95. The highest BCUT2D eigenvalue weighted by molar-refractivity contribution is 5.44. The monoisotopic (exact) mass is 393 g/mol. The van der Waals surface area contributed by atoms with Crippen LogP contribution in [0.15, 0.2) is 48.7 Å². The number of imidazole rings is 1.